The zero-order chi connectivity index (χ0) is 19.7. The summed E-state index contributed by atoms with van der Waals surface area (Å²) in [7, 11) is 0. The van der Waals surface area contributed by atoms with E-state index >= 15 is 0 Å². The van der Waals surface area contributed by atoms with E-state index in [9.17, 15) is 19.2 Å². The molecule has 4 rings (SSSR count). The van der Waals surface area contributed by atoms with Crippen LogP contribution in [0.3, 0.4) is 0 Å². The molecule has 3 heterocycles. The van der Waals surface area contributed by atoms with Gasteiger partial charge in [-0.05, 0) is 19.3 Å². The van der Waals surface area contributed by atoms with Gasteiger partial charge in [0.25, 0.3) is 11.5 Å². The number of thiazole rings is 1. The molecule has 10 heteroatoms. The van der Waals surface area contributed by atoms with Gasteiger partial charge in [-0.2, -0.15) is 0 Å². The second kappa shape index (κ2) is 7.34. The quantitative estimate of drug-likeness (QED) is 0.576. The SMILES string of the molecule is O=C(CCCN1C(=O)NC2(CCCC2)C1=O)OCc1cc(=O)n2ccsc2n1. The molecule has 1 saturated heterocycles. The smallest absolute Gasteiger partial charge is 0.325 e. The molecule has 0 aromatic carbocycles. The van der Waals surface area contributed by atoms with Crippen molar-refractivity contribution in [3.05, 3.63) is 33.7 Å². The zero-order valence-corrected chi connectivity index (χ0v) is 16.0. The van der Waals surface area contributed by atoms with Crippen molar-refractivity contribution >= 4 is 34.2 Å². The van der Waals surface area contributed by atoms with Crippen LogP contribution in [-0.2, 0) is 20.9 Å². The fourth-order valence-corrected chi connectivity index (χ4v) is 4.51. The Bertz CT molecular complexity index is 991. The minimum atomic E-state index is -0.724. The number of amides is 3. The zero-order valence-electron chi connectivity index (χ0n) is 15.2. The van der Waals surface area contributed by atoms with E-state index in [1.165, 1.54) is 26.7 Å². The molecule has 1 aliphatic carbocycles. The summed E-state index contributed by atoms with van der Waals surface area (Å²) in [5, 5.41) is 4.57. The Morgan fingerprint density at radius 2 is 2.07 bits per heavy atom. The first-order valence-corrected chi connectivity index (χ1v) is 10.1. The Kier molecular flexibility index (Phi) is 4.88. The van der Waals surface area contributed by atoms with Crippen LogP contribution in [0.5, 0.6) is 0 Å². The van der Waals surface area contributed by atoms with E-state index in [4.69, 9.17) is 4.74 Å². The maximum Gasteiger partial charge on any atom is 0.325 e. The van der Waals surface area contributed by atoms with E-state index in [2.05, 4.69) is 10.3 Å². The van der Waals surface area contributed by atoms with Crippen LogP contribution in [0.25, 0.3) is 4.96 Å². The molecule has 3 amide bonds. The number of carbonyl (C=O) groups excluding carboxylic acids is 3. The first-order chi connectivity index (χ1) is 13.5. The highest BCUT2D eigenvalue weighted by atomic mass is 32.1. The van der Waals surface area contributed by atoms with Crippen molar-refractivity contribution in [2.24, 2.45) is 0 Å². The Labute approximate surface area is 164 Å². The number of aromatic nitrogens is 2. The molecule has 0 unspecified atom stereocenters. The Morgan fingerprint density at radius 1 is 1.29 bits per heavy atom. The summed E-state index contributed by atoms with van der Waals surface area (Å²) in [6.07, 6.45) is 5.26. The van der Waals surface area contributed by atoms with Crippen LogP contribution in [0.2, 0.25) is 0 Å². The van der Waals surface area contributed by atoms with Crippen LogP contribution < -0.4 is 10.9 Å². The Balaban J connectivity index is 1.26. The molecule has 1 aliphatic heterocycles. The maximum absolute atomic E-state index is 12.5. The van der Waals surface area contributed by atoms with Crippen LogP contribution in [0.4, 0.5) is 4.79 Å². The third kappa shape index (κ3) is 3.39. The number of urea groups is 1. The lowest BCUT2D eigenvalue weighted by Crippen LogP contribution is -2.44. The van der Waals surface area contributed by atoms with Crippen LogP contribution in [-0.4, -0.2) is 44.3 Å². The average Bonchev–Trinajstić information content (AvgIpc) is 3.37. The van der Waals surface area contributed by atoms with Gasteiger partial charge < -0.3 is 10.1 Å². The van der Waals surface area contributed by atoms with E-state index in [1.807, 2.05) is 0 Å². The molecule has 2 aromatic heterocycles. The van der Waals surface area contributed by atoms with Crippen molar-refractivity contribution < 1.29 is 19.1 Å². The van der Waals surface area contributed by atoms with Crippen molar-refractivity contribution in [3.8, 4) is 0 Å². The number of carbonyl (C=O) groups is 3. The highest BCUT2D eigenvalue weighted by molar-refractivity contribution is 7.15. The van der Waals surface area contributed by atoms with Crippen LogP contribution in [0.15, 0.2) is 22.4 Å². The number of nitrogens with one attached hydrogen (secondary N) is 1. The van der Waals surface area contributed by atoms with Gasteiger partial charge in [-0.15, -0.1) is 11.3 Å². The molecule has 1 saturated carbocycles. The molecule has 148 valence electrons. The van der Waals surface area contributed by atoms with Gasteiger partial charge in [0.05, 0.1) is 5.69 Å². The topological polar surface area (TPSA) is 110 Å². The maximum atomic E-state index is 12.5. The summed E-state index contributed by atoms with van der Waals surface area (Å²) in [6, 6.07) is 0.954. The lowest BCUT2D eigenvalue weighted by atomic mass is 9.98. The number of esters is 1. The van der Waals surface area contributed by atoms with E-state index in [-0.39, 0.29) is 37.1 Å². The van der Waals surface area contributed by atoms with Gasteiger partial charge in [-0.1, -0.05) is 12.8 Å². The monoisotopic (exact) mass is 404 g/mol. The molecule has 1 spiro atoms. The lowest BCUT2D eigenvalue weighted by molar-refractivity contribution is -0.145. The fourth-order valence-electron chi connectivity index (χ4n) is 3.77. The highest BCUT2D eigenvalue weighted by Gasteiger charge is 2.52. The number of hydrogen-bond acceptors (Lipinski definition) is 7. The van der Waals surface area contributed by atoms with Crippen molar-refractivity contribution in [3.63, 3.8) is 0 Å². The molecule has 2 fully saturated rings. The summed E-state index contributed by atoms with van der Waals surface area (Å²) < 4.78 is 6.59. The third-order valence-corrected chi connectivity index (χ3v) is 5.96. The van der Waals surface area contributed by atoms with Crippen molar-refractivity contribution in [1.82, 2.24) is 19.6 Å². The molecule has 28 heavy (non-hydrogen) atoms. The summed E-state index contributed by atoms with van der Waals surface area (Å²) >= 11 is 1.32. The van der Waals surface area contributed by atoms with Gasteiger partial charge in [0, 0.05) is 30.6 Å². The molecule has 0 radical (unpaired) electrons. The van der Waals surface area contributed by atoms with Crippen molar-refractivity contribution in [1.29, 1.82) is 0 Å². The number of fused-ring (bicyclic) bond motifs is 1. The van der Waals surface area contributed by atoms with Gasteiger partial charge in [0.15, 0.2) is 4.96 Å². The highest BCUT2D eigenvalue weighted by Crippen LogP contribution is 2.35. The first-order valence-electron chi connectivity index (χ1n) is 9.24. The predicted octanol–water partition coefficient (Wildman–Crippen LogP) is 1.44. The predicted molar refractivity (Wildman–Crippen MR) is 99.8 cm³/mol. The number of ether oxygens (including phenoxy) is 1. The second-order valence-corrected chi connectivity index (χ2v) is 7.95. The number of rotatable bonds is 6. The Morgan fingerprint density at radius 3 is 2.86 bits per heavy atom. The summed E-state index contributed by atoms with van der Waals surface area (Å²) in [5.41, 5.74) is -0.563. The van der Waals surface area contributed by atoms with Gasteiger partial charge in [-0.3, -0.25) is 23.7 Å². The molecule has 9 nitrogen and oxygen atoms in total. The van der Waals surface area contributed by atoms with E-state index in [1.54, 1.807) is 11.6 Å². The summed E-state index contributed by atoms with van der Waals surface area (Å²) in [6.45, 7) is 0.0942. The molecule has 2 aliphatic rings. The fraction of sp³-hybridized carbons (Fsp3) is 0.500. The van der Waals surface area contributed by atoms with Crippen LogP contribution >= 0.6 is 11.3 Å². The van der Waals surface area contributed by atoms with Crippen LogP contribution in [0.1, 0.15) is 44.2 Å². The molecule has 2 aromatic rings. The minimum absolute atomic E-state index is 0.0737. The summed E-state index contributed by atoms with van der Waals surface area (Å²) in [4.78, 5) is 54.5. The normalized spacial score (nSPS) is 18.2. The number of nitrogens with zero attached hydrogens (tertiary/aromatic N) is 3. The molecular weight excluding hydrogens is 384 g/mol. The molecule has 1 N–H and O–H groups in total. The van der Waals surface area contributed by atoms with E-state index < -0.39 is 11.5 Å². The molecular formula is C18H20N4O5S. The van der Waals surface area contributed by atoms with Gasteiger partial charge in [0.1, 0.15) is 12.1 Å². The van der Waals surface area contributed by atoms with Crippen molar-refractivity contribution in [2.75, 3.05) is 6.54 Å². The minimum Gasteiger partial charge on any atom is -0.459 e. The van der Waals surface area contributed by atoms with E-state index in [0.29, 0.717) is 29.9 Å². The Hall–Kier alpha value is -2.75. The lowest BCUT2D eigenvalue weighted by Gasteiger charge is -2.19. The van der Waals surface area contributed by atoms with Gasteiger partial charge in [-0.25, -0.2) is 9.78 Å². The van der Waals surface area contributed by atoms with Crippen LogP contribution in [0, 0.1) is 0 Å². The van der Waals surface area contributed by atoms with Crippen molar-refractivity contribution in [2.45, 2.75) is 50.7 Å². The second-order valence-electron chi connectivity index (χ2n) is 7.08. The molecule has 0 atom stereocenters. The largest absolute Gasteiger partial charge is 0.459 e. The number of imide groups is 1. The first kappa shape index (κ1) is 18.6. The van der Waals surface area contributed by atoms with E-state index in [0.717, 1.165) is 12.8 Å². The summed E-state index contributed by atoms with van der Waals surface area (Å²) in [5.74, 6) is -0.645. The number of hydrogen-bond donors (Lipinski definition) is 1. The van der Waals surface area contributed by atoms with Gasteiger partial charge in [0.2, 0.25) is 0 Å². The molecule has 0 bridgehead atoms. The third-order valence-electron chi connectivity index (χ3n) is 5.20. The van der Waals surface area contributed by atoms with Gasteiger partial charge >= 0.3 is 12.0 Å². The average molecular weight is 404 g/mol. The standard InChI is InChI=1S/C18H20N4O5S/c23-13-10-12(19-17-21(13)8-9-28-17)11-27-14(24)4-3-7-22-15(25)18(20-16(22)26)5-1-2-6-18/h8-10H,1-7,11H2,(H,20,26).